The molecule has 0 aromatic carbocycles. The minimum atomic E-state index is -4.76. The molecule has 0 spiro atoms. The highest BCUT2D eigenvalue weighted by Crippen LogP contribution is 2.43. The van der Waals surface area contributed by atoms with Crippen LogP contribution in [0.15, 0.2) is 60.8 Å². The fraction of sp³-hybridized carbons (Fsp3) is 0.783. The van der Waals surface area contributed by atoms with Crippen LogP contribution in [0.3, 0.4) is 0 Å². The predicted octanol–water partition coefficient (Wildman–Crippen LogP) is 17.1. The van der Waals surface area contributed by atoms with Crippen molar-refractivity contribution >= 4 is 25.7 Å². The van der Waals surface area contributed by atoms with Gasteiger partial charge in [0.25, 0.3) is 0 Å². The summed E-state index contributed by atoms with van der Waals surface area (Å²) >= 11 is 0. The number of rotatable bonds is 54. The standard InChI is InChI=1S/C60H107O11P/c1-4-7-10-13-16-19-22-25-26-27-28-29-30-33-36-39-42-45-48-51-60(64)71-57(53-67-58(62)49-46-43-40-37-34-31-23-20-17-14-11-8-5-2)55-69-72(65,66)68-54-56(52-61)70-59(63)50-47-44-41-38-35-32-24-21-18-15-12-9-6-3/h9,12,18,21,25-26,32,35,41,44,56-57,61H,4-8,10-11,13-17,19-20,22-24,27-31,33-34,36-40,42-43,45-55H2,1-3H3,(H,65,66)/b12-9-,21-18-,26-25-,35-32-,44-41-. The number of carbonyl (C=O) groups excluding carboxylic acids is 3. The van der Waals surface area contributed by atoms with Crippen molar-refractivity contribution in [3.63, 3.8) is 0 Å². The van der Waals surface area contributed by atoms with E-state index in [1.807, 2.05) is 12.2 Å². The lowest BCUT2D eigenvalue weighted by molar-refractivity contribution is -0.161. The zero-order valence-electron chi connectivity index (χ0n) is 46.1. The first-order chi connectivity index (χ1) is 35.2. The smallest absolute Gasteiger partial charge is 0.462 e. The average Bonchev–Trinajstić information content (AvgIpc) is 3.37. The zero-order chi connectivity index (χ0) is 52.7. The van der Waals surface area contributed by atoms with E-state index in [2.05, 4.69) is 69.4 Å². The van der Waals surface area contributed by atoms with E-state index in [1.165, 1.54) is 141 Å². The van der Waals surface area contributed by atoms with E-state index in [9.17, 15) is 28.9 Å². The number of allylic oxidation sites excluding steroid dienone is 10. The Morgan fingerprint density at radius 2 is 0.750 bits per heavy atom. The first-order valence-electron chi connectivity index (χ1n) is 29.2. The fourth-order valence-electron chi connectivity index (χ4n) is 8.01. The van der Waals surface area contributed by atoms with Crippen LogP contribution in [0, 0.1) is 0 Å². The van der Waals surface area contributed by atoms with Crippen LogP contribution in [0.25, 0.3) is 0 Å². The number of hydrogen-bond acceptors (Lipinski definition) is 10. The third-order valence-electron chi connectivity index (χ3n) is 12.4. The quantitative estimate of drug-likeness (QED) is 0.0197. The summed E-state index contributed by atoms with van der Waals surface area (Å²) in [5, 5.41) is 9.78. The average molecular weight is 1040 g/mol. The van der Waals surface area contributed by atoms with Gasteiger partial charge in [-0.1, -0.05) is 236 Å². The van der Waals surface area contributed by atoms with Crippen LogP contribution < -0.4 is 0 Å². The molecule has 0 radical (unpaired) electrons. The number of unbranched alkanes of at least 4 members (excludes halogenated alkanes) is 27. The Bertz CT molecular complexity index is 1440. The van der Waals surface area contributed by atoms with E-state index in [1.54, 1.807) is 0 Å². The van der Waals surface area contributed by atoms with Crippen LogP contribution in [-0.4, -0.2) is 66.5 Å². The second-order valence-corrected chi connectivity index (χ2v) is 20.9. The molecule has 3 atom stereocenters. The third kappa shape index (κ3) is 52.1. The second-order valence-electron chi connectivity index (χ2n) is 19.4. The molecule has 72 heavy (non-hydrogen) atoms. The Kier molecular flexibility index (Phi) is 52.3. The van der Waals surface area contributed by atoms with Crippen LogP contribution in [0.2, 0.25) is 0 Å². The summed E-state index contributed by atoms with van der Waals surface area (Å²) < 4.78 is 39.4. The van der Waals surface area contributed by atoms with E-state index < -0.39 is 57.8 Å². The number of aliphatic hydroxyl groups is 1. The van der Waals surface area contributed by atoms with Gasteiger partial charge in [0.15, 0.2) is 6.10 Å². The summed E-state index contributed by atoms with van der Waals surface area (Å²) in [6.07, 6.45) is 59.1. The Balaban J connectivity index is 4.74. The number of esters is 3. The fourth-order valence-corrected chi connectivity index (χ4v) is 8.80. The van der Waals surface area contributed by atoms with Crippen molar-refractivity contribution in [3.05, 3.63) is 60.8 Å². The minimum absolute atomic E-state index is 0.0565. The van der Waals surface area contributed by atoms with Crippen LogP contribution in [0.1, 0.15) is 265 Å². The lowest BCUT2D eigenvalue weighted by Gasteiger charge is -2.21. The number of phosphoric ester groups is 1. The van der Waals surface area contributed by atoms with Crippen molar-refractivity contribution in [3.8, 4) is 0 Å². The summed E-state index contributed by atoms with van der Waals surface area (Å²) in [5.41, 5.74) is 0. The van der Waals surface area contributed by atoms with Gasteiger partial charge in [0, 0.05) is 19.3 Å². The Labute approximate surface area is 440 Å². The molecule has 0 aromatic heterocycles. The minimum Gasteiger partial charge on any atom is -0.462 e. The molecule has 0 fully saturated rings. The van der Waals surface area contributed by atoms with E-state index in [0.29, 0.717) is 19.3 Å². The van der Waals surface area contributed by atoms with Crippen LogP contribution in [0.5, 0.6) is 0 Å². The Hall–Kier alpha value is -2.82. The maximum Gasteiger partial charge on any atom is 0.472 e. The molecule has 0 rings (SSSR count). The lowest BCUT2D eigenvalue weighted by atomic mass is 10.0. The molecule has 0 saturated heterocycles. The topological polar surface area (TPSA) is 155 Å². The van der Waals surface area contributed by atoms with Gasteiger partial charge < -0.3 is 24.2 Å². The largest absolute Gasteiger partial charge is 0.472 e. The zero-order valence-corrected chi connectivity index (χ0v) is 47.0. The molecule has 418 valence electrons. The molecule has 2 N–H and O–H groups in total. The normalized spacial score (nSPS) is 13.8. The molecule has 0 bridgehead atoms. The van der Waals surface area contributed by atoms with Crippen molar-refractivity contribution in [2.45, 2.75) is 277 Å². The summed E-state index contributed by atoms with van der Waals surface area (Å²) in [5.74, 6) is -1.54. The number of ether oxygens (including phenoxy) is 3. The number of carbonyl (C=O) groups is 3. The van der Waals surface area contributed by atoms with Gasteiger partial charge in [0.2, 0.25) is 0 Å². The highest BCUT2D eigenvalue weighted by Gasteiger charge is 2.28. The highest BCUT2D eigenvalue weighted by molar-refractivity contribution is 7.47. The Morgan fingerprint density at radius 3 is 1.19 bits per heavy atom. The van der Waals surface area contributed by atoms with Crippen LogP contribution >= 0.6 is 7.82 Å². The summed E-state index contributed by atoms with van der Waals surface area (Å²) in [4.78, 5) is 48.5. The SMILES string of the molecule is CC/C=C\C/C=C\C/C=C\C/C=C\CCC(=O)OC(CO)COP(=O)(O)OCC(COC(=O)CCCCCCCCCCCCCCC)OC(=O)CCCCCCCCCCC/C=C\CCCCCCCC. The van der Waals surface area contributed by atoms with E-state index in [4.69, 9.17) is 23.3 Å². The maximum absolute atomic E-state index is 12.9. The molecular formula is C60H107O11P. The molecular weight excluding hydrogens is 928 g/mol. The van der Waals surface area contributed by atoms with Crippen LogP contribution in [-0.2, 0) is 42.2 Å². The van der Waals surface area contributed by atoms with Crippen molar-refractivity contribution < 1.29 is 52.2 Å². The molecule has 0 aliphatic carbocycles. The van der Waals surface area contributed by atoms with Gasteiger partial charge >= 0.3 is 25.7 Å². The van der Waals surface area contributed by atoms with Gasteiger partial charge in [-0.15, -0.1) is 0 Å². The number of phosphoric acid groups is 1. The molecule has 0 aromatic rings. The van der Waals surface area contributed by atoms with Crippen molar-refractivity contribution in [2.24, 2.45) is 0 Å². The first-order valence-corrected chi connectivity index (χ1v) is 30.7. The molecule has 11 nitrogen and oxygen atoms in total. The monoisotopic (exact) mass is 1030 g/mol. The van der Waals surface area contributed by atoms with E-state index >= 15 is 0 Å². The Morgan fingerprint density at radius 1 is 0.403 bits per heavy atom. The molecule has 0 heterocycles. The van der Waals surface area contributed by atoms with Crippen molar-refractivity contribution in [2.75, 3.05) is 26.4 Å². The maximum atomic E-state index is 12.9. The molecule has 0 saturated carbocycles. The van der Waals surface area contributed by atoms with Gasteiger partial charge in [-0.3, -0.25) is 23.4 Å². The lowest BCUT2D eigenvalue weighted by Crippen LogP contribution is -2.30. The van der Waals surface area contributed by atoms with Gasteiger partial charge in [-0.25, -0.2) is 4.57 Å². The van der Waals surface area contributed by atoms with Gasteiger partial charge in [-0.05, 0) is 70.6 Å². The van der Waals surface area contributed by atoms with Crippen LogP contribution in [0.4, 0.5) is 0 Å². The molecule has 0 amide bonds. The summed E-state index contributed by atoms with van der Waals surface area (Å²) in [7, 11) is -4.76. The predicted molar refractivity (Wildman–Crippen MR) is 298 cm³/mol. The van der Waals surface area contributed by atoms with Crippen molar-refractivity contribution in [1.29, 1.82) is 0 Å². The number of aliphatic hydroxyl groups excluding tert-OH is 1. The van der Waals surface area contributed by atoms with E-state index in [0.717, 1.165) is 64.2 Å². The second kappa shape index (κ2) is 54.4. The summed E-state index contributed by atoms with van der Waals surface area (Å²) in [6.45, 7) is 4.46. The van der Waals surface area contributed by atoms with Gasteiger partial charge in [0.1, 0.15) is 12.7 Å². The van der Waals surface area contributed by atoms with E-state index in [-0.39, 0.29) is 25.9 Å². The molecule has 3 unspecified atom stereocenters. The highest BCUT2D eigenvalue weighted by atomic mass is 31.2. The summed E-state index contributed by atoms with van der Waals surface area (Å²) in [6, 6.07) is 0. The molecule has 0 aliphatic rings. The first kappa shape index (κ1) is 69.2. The van der Waals surface area contributed by atoms with Gasteiger partial charge in [0.05, 0.1) is 19.8 Å². The third-order valence-corrected chi connectivity index (χ3v) is 13.4. The van der Waals surface area contributed by atoms with Gasteiger partial charge in [-0.2, -0.15) is 0 Å². The number of hydrogen-bond donors (Lipinski definition) is 2. The molecule has 0 aliphatic heterocycles. The molecule has 12 heteroatoms. The van der Waals surface area contributed by atoms with Crippen molar-refractivity contribution in [1.82, 2.24) is 0 Å².